The molecule has 0 unspecified atom stereocenters. The summed E-state index contributed by atoms with van der Waals surface area (Å²) < 4.78 is 11.5. The Balaban J connectivity index is 0.00000490. The summed E-state index contributed by atoms with van der Waals surface area (Å²) in [5.41, 5.74) is 19.1. The number of hydrogen-bond acceptors (Lipinski definition) is 5. The van der Waals surface area contributed by atoms with E-state index in [0.717, 1.165) is 56.1 Å². The van der Waals surface area contributed by atoms with Crippen molar-refractivity contribution in [1.29, 1.82) is 0 Å². The number of aromatic nitrogens is 4. The van der Waals surface area contributed by atoms with Crippen molar-refractivity contribution >= 4 is 60.8 Å². The van der Waals surface area contributed by atoms with Gasteiger partial charge in [-0.1, -0.05) is 50.2 Å². The van der Waals surface area contributed by atoms with E-state index in [9.17, 15) is 0 Å². The molecular formula is C54H51N6OPt-3. The van der Waals surface area contributed by atoms with Crippen molar-refractivity contribution in [3.8, 4) is 23.0 Å². The second kappa shape index (κ2) is 14.9. The zero-order valence-corrected chi connectivity index (χ0v) is 39.8. The van der Waals surface area contributed by atoms with Crippen LogP contribution in [0.25, 0.3) is 55.1 Å². The number of benzene rings is 5. The molecule has 7 nitrogen and oxygen atoms in total. The first kappa shape index (κ1) is 41.4. The fourth-order valence-corrected chi connectivity index (χ4v) is 9.55. The molecule has 0 fully saturated rings. The van der Waals surface area contributed by atoms with Crippen LogP contribution in [0.2, 0.25) is 0 Å². The minimum Gasteiger partial charge on any atom is -0.509 e. The Bertz CT molecular complexity index is 3230. The van der Waals surface area contributed by atoms with Gasteiger partial charge in [0.05, 0.1) is 16.7 Å². The minimum atomic E-state index is -0.142. The predicted octanol–water partition coefficient (Wildman–Crippen LogP) is 13.5. The van der Waals surface area contributed by atoms with E-state index in [-0.39, 0.29) is 26.5 Å². The van der Waals surface area contributed by atoms with Crippen LogP contribution in [0.1, 0.15) is 70.8 Å². The molecule has 0 bridgehead atoms. The summed E-state index contributed by atoms with van der Waals surface area (Å²) in [6.07, 6.45) is 3.78. The van der Waals surface area contributed by atoms with Gasteiger partial charge in [-0.2, -0.15) is 12.7 Å². The van der Waals surface area contributed by atoms with Gasteiger partial charge >= 0.3 is 0 Å². The number of pyridine rings is 2. The first-order valence-electron chi connectivity index (χ1n) is 21.1. The quantitative estimate of drug-likeness (QED) is 0.161. The Morgan fingerprint density at radius 2 is 1.27 bits per heavy atom. The number of aryl methyl sites for hydroxylation is 4. The Labute approximate surface area is 379 Å². The topological polar surface area (TPSA) is 51.4 Å². The molecule has 4 aromatic heterocycles. The van der Waals surface area contributed by atoms with Gasteiger partial charge in [-0.15, -0.1) is 41.3 Å². The molecule has 0 amide bonds. The molecule has 0 N–H and O–H groups in total. The third kappa shape index (κ3) is 6.18. The van der Waals surface area contributed by atoms with Gasteiger partial charge in [-0.3, -0.25) is 0 Å². The van der Waals surface area contributed by atoms with Gasteiger partial charge in [0.1, 0.15) is 11.6 Å². The molecule has 0 spiro atoms. The second-order valence-electron chi connectivity index (χ2n) is 18.0. The number of fused-ring (bicyclic) bond motifs is 7. The average molecular weight is 995 g/mol. The number of rotatable bonds is 5. The molecule has 8 heteroatoms. The van der Waals surface area contributed by atoms with Crippen LogP contribution < -0.4 is 14.5 Å². The summed E-state index contributed by atoms with van der Waals surface area (Å²) in [7, 11) is 2.04. The Morgan fingerprint density at radius 1 is 0.613 bits per heavy atom. The van der Waals surface area contributed by atoms with Crippen molar-refractivity contribution in [3.05, 3.63) is 154 Å². The largest absolute Gasteiger partial charge is 0.509 e. The fourth-order valence-electron chi connectivity index (χ4n) is 9.55. The van der Waals surface area contributed by atoms with E-state index in [0.29, 0.717) is 11.5 Å². The van der Waals surface area contributed by atoms with Crippen molar-refractivity contribution in [2.45, 2.75) is 81.6 Å². The summed E-state index contributed by atoms with van der Waals surface area (Å²) in [5.74, 6) is 2.88. The molecule has 5 aromatic carbocycles. The van der Waals surface area contributed by atoms with Crippen molar-refractivity contribution < 1.29 is 25.8 Å². The minimum absolute atomic E-state index is 0. The molecule has 0 aliphatic carbocycles. The molecule has 5 heterocycles. The van der Waals surface area contributed by atoms with Crippen LogP contribution in [-0.2, 0) is 26.5 Å². The molecule has 316 valence electrons. The van der Waals surface area contributed by atoms with E-state index in [1.165, 1.54) is 66.3 Å². The SMILES string of the molecule is Cc1c(C)c(C)c2c(c1C)c1c(C)c(C)c(C)c(C)c1n2-c1ccnc(-n2c3[c-]c(Oc4[c-]c(N5[CH-]N(C)c6cccnc65)cc(C(C)(C)C)c4)ccc3c3ccccc32)c1.[Pt]. The molecule has 62 heavy (non-hydrogen) atoms. The van der Waals surface area contributed by atoms with E-state index in [1.54, 1.807) is 0 Å². The van der Waals surface area contributed by atoms with Gasteiger partial charge in [0, 0.05) is 73.0 Å². The molecule has 10 rings (SSSR count). The maximum absolute atomic E-state index is 6.77. The Morgan fingerprint density at radius 3 is 1.95 bits per heavy atom. The van der Waals surface area contributed by atoms with Crippen LogP contribution in [0.15, 0.2) is 85.2 Å². The van der Waals surface area contributed by atoms with E-state index in [1.807, 2.05) is 38.2 Å². The van der Waals surface area contributed by atoms with E-state index in [4.69, 9.17) is 14.7 Å². The fraction of sp³-hybridized carbons (Fsp3) is 0.241. The van der Waals surface area contributed by atoms with Gasteiger partial charge in [0.25, 0.3) is 0 Å². The van der Waals surface area contributed by atoms with Gasteiger partial charge in [0.2, 0.25) is 0 Å². The third-order valence-corrected chi connectivity index (χ3v) is 13.6. The van der Waals surface area contributed by atoms with E-state index >= 15 is 0 Å². The normalized spacial score (nSPS) is 12.9. The van der Waals surface area contributed by atoms with Gasteiger partial charge in [-0.05, 0) is 142 Å². The number of ether oxygens (including phenoxy) is 1. The van der Waals surface area contributed by atoms with Crippen LogP contribution in [0.5, 0.6) is 11.5 Å². The van der Waals surface area contributed by atoms with Crippen molar-refractivity contribution in [1.82, 2.24) is 19.1 Å². The summed E-state index contributed by atoms with van der Waals surface area (Å²) in [6.45, 7) is 26.9. The monoisotopic (exact) mass is 994 g/mol. The van der Waals surface area contributed by atoms with Crippen LogP contribution >= 0.6 is 0 Å². The molecule has 0 saturated carbocycles. The first-order valence-corrected chi connectivity index (χ1v) is 21.1. The maximum Gasteiger partial charge on any atom is 0.137 e. The third-order valence-electron chi connectivity index (χ3n) is 13.6. The smallest absolute Gasteiger partial charge is 0.137 e. The van der Waals surface area contributed by atoms with Crippen molar-refractivity contribution in [2.75, 3.05) is 16.8 Å². The molecule has 0 atom stereocenters. The molecule has 1 aliphatic rings. The summed E-state index contributed by atoms with van der Waals surface area (Å²) >= 11 is 0. The van der Waals surface area contributed by atoms with Gasteiger partial charge < -0.3 is 23.7 Å². The molecular weight excluding hydrogens is 944 g/mol. The number of anilines is 3. The molecule has 1 aliphatic heterocycles. The van der Waals surface area contributed by atoms with E-state index in [2.05, 4.69) is 168 Å². The van der Waals surface area contributed by atoms with Crippen LogP contribution in [0.4, 0.5) is 17.2 Å². The van der Waals surface area contributed by atoms with E-state index < -0.39 is 0 Å². The van der Waals surface area contributed by atoms with Crippen LogP contribution in [-0.4, -0.2) is 26.1 Å². The van der Waals surface area contributed by atoms with Crippen LogP contribution in [0, 0.1) is 74.2 Å². The van der Waals surface area contributed by atoms with Crippen molar-refractivity contribution in [3.63, 3.8) is 0 Å². The zero-order chi connectivity index (χ0) is 42.8. The summed E-state index contributed by atoms with van der Waals surface area (Å²) in [5, 5.41) is 4.89. The van der Waals surface area contributed by atoms with Crippen LogP contribution in [0.3, 0.4) is 0 Å². The maximum atomic E-state index is 6.77. The standard InChI is InChI=1S/C54H51N6O.Pt/c1-30-32(3)36(7)51-49(34(30)5)50-35(6)31(2)33(4)37(8)52(50)59(51)39-21-23-55-48(27-39)60-45-17-14-13-16-43(45)44-20-19-41(28-47(44)60)61-42-25-38(54(9,10)11)24-40(26-42)58-29-57(12)46-18-15-22-56-53(46)58;/h13-25,27,29H,1-12H3;/q-3;. The molecule has 9 aromatic rings. The number of para-hydroxylation sites is 1. The Hall–Kier alpha value is -5.91. The van der Waals surface area contributed by atoms with Gasteiger partial charge in [0.15, 0.2) is 0 Å². The predicted molar refractivity (Wildman–Crippen MR) is 253 cm³/mol. The average Bonchev–Trinajstić information content (AvgIpc) is 3.91. The summed E-state index contributed by atoms with van der Waals surface area (Å²) in [6, 6.07) is 32.7. The number of hydrogen-bond donors (Lipinski definition) is 0. The number of nitrogens with zero attached hydrogens (tertiary/aromatic N) is 6. The molecule has 0 radical (unpaired) electrons. The zero-order valence-electron chi connectivity index (χ0n) is 37.6. The second-order valence-corrected chi connectivity index (χ2v) is 18.0. The van der Waals surface area contributed by atoms with Gasteiger partial charge in [-0.25, -0.2) is 9.97 Å². The summed E-state index contributed by atoms with van der Waals surface area (Å²) in [4.78, 5) is 14.0. The Kier molecular flexibility index (Phi) is 9.94. The molecule has 0 saturated heterocycles. The first-order chi connectivity index (χ1) is 29.1. The van der Waals surface area contributed by atoms with Crippen molar-refractivity contribution in [2.24, 2.45) is 0 Å².